The predicted molar refractivity (Wildman–Crippen MR) is 62.3 cm³/mol. The van der Waals surface area contributed by atoms with Crippen molar-refractivity contribution in [3.63, 3.8) is 0 Å². The second-order valence-corrected chi connectivity index (χ2v) is 4.76. The first-order valence-corrected chi connectivity index (χ1v) is 5.35. The van der Waals surface area contributed by atoms with Crippen LogP contribution in [0.15, 0.2) is 24.3 Å². The van der Waals surface area contributed by atoms with Gasteiger partial charge in [0, 0.05) is 6.61 Å². The van der Waals surface area contributed by atoms with E-state index in [0.29, 0.717) is 12.2 Å². The van der Waals surface area contributed by atoms with Crippen LogP contribution < -0.4 is 4.74 Å². The van der Waals surface area contributed by atoms with Crippen LogP contribution in [0.3, 0.4) is 0 Å². The van der Waals surface area contributed by atoms with Crippen LogP contribution in [0.5, 0.6) is 5.75 Å². The van der Waals surface area contributed by atoms with Crippen LogP contribution >= 0.6 is 0 Å². The molecule has 0 fully saturated rings. The summed E-state index contributed by atoms with van der Waals surface area (Å²) in [5.74, 6) is 0.295. The van der Waals surface area contributed by atoms with E-state index < -0.39 is 5.41 Å². The summed E-state index contributed by atoms with van der Waals surface area (Å²) in [6.07, 6.45) is 0.619. The fourth-order valence-electron chi connectivity index (χ4n) is 1.11. The topological polar surface area (TPSA) is 46.5 Å². The van der Waals surface area contributed by atoms with E-state index in [1.165, 1.54) is 0 Å². The summed E-state index contributed by atoms with van der Waals surface area (Å²) in [6, 6.07) is 7.19. The van der Waals surface area contributed by atoms with Gasteiger partial charge in [0.05, 0.1) is 5.41 Å². The van der Waals surface area contributed by atoms with Gasteiger partial charge in [-0.25, -0.2) is 0 Å². The molecule has 0 aliphatic heterocycles. The van der Waals surface area contributed by atoms with E-state index in [-0.39, 0.29) is 12.6 Å². The van der Waals surface area contributed by atoms with Crippen molar-refractivity contribution in [2.45, 2.75) is 27.2 Å². The molecular formula is C13H18O3. The number of hydrogen-bond donors (Lipinski definition) is 1. The smallest absolute Gasteiger partial charge is 0.316 e. The van der Waals surface area contributed by atoms with E-state index in [9.17, 15) is 4.79 Å². The van der Waals surface area contributed by atoms with Gasteiger partial charge in [-0.1, -0.05) is 12.1 Å². The quantitative estimate of drug-likeness (QED) is 0.629. The number of esters is 1. The molecule has 1 rings (SSSR count). The lowest BCUT2D eigenvalue weighted by Crippen LogP contribution is -2.25. The van der Waals surface area contributed by atoms with E-state index in [0.717, 1.165) is 5.56 Å². The van der Waals surface area contributed by atoms with Crippen molar-refractivity contribution in [1.82, 2.24) is 0 Å². The monoisotopic (exact) mass is 222 g/mol. The highest BCUT2D eigenvalue weighted by molar-refractivity contribution is 5.77. The van der Waals surface area contributed by atoms with Crippen LogP contribution in [0.4, 0.5) is 0 Å². The van der Waals surface area contributed by atoms with Crippen molar-refractivity contribution in [2.24, 2.45) is 5.41 Å². The van der Waals surface area contributed by atoms with Gasteiger partial charge in [0.2, 0.25) is 0 Å². The lowest BCUT2D eigenvalue weighted by atomic mass is 9.97. The van der Waals surface area contributed by atoms with Gasteiger partial charge in [0.25, 0.3) is 0 Å². The molecule has 88 valence electrons. The zero-order chi connectivity index (χ0) is 12.2. The first-order valence-electron chi connectivity index (χ1n) is 5.35. The van der Waals surface area contributed by atoms with Crippen molar-refractivity contribution in [1.29, 1.82) is 0 Å². The van der Waals surface area contributed by atoms with E-state index in [4.69, 9.17) is 9.84 Å². The summed E-state index contributed by atoms with van der Waals surface area (Å²) < 4.78 is 5.21. The second kappa shape index (κ2) is 5.12. The number of aliphatic hydroxyl groups is 1. The third-order valence-corrected chi connectivity index (χ3v) is 2.15. The highest BCUT2D eigenvalue weighted by Gasteiger charge is 2.23. The zero-order valence-corrected chi connectivity index (χ0v) is 9.99. The number of benzene rings is 1. The zero-order valence-electron chi connectivity index (χ0n) is 9.99. The molecule has 0 bridgehead atoms. The summed E-state index contributed by atoms with van der Waals surface area (Å²) in [5.41, 5.74) is 0.530. The molecular weight excluding hydrogens is 204 g/mol. The molecule has 1 N–H and O–H groups in total. The molecule has 0 amide bonds. The van der Waals surface area contributed by atoms with Crippen molar-refractivity contribution < 1.29 is 14.6 Å². The Labute approximate surface area is 96.1 Å². The molecule has 3 heteroatoms. The molecule has 0 saturated carbocycles. The van der Waals surface area contributed by atoms with Gasteiger partial charge >= 0.3 is 5.97 Å². The van der Waals surface area contributed by atoms with Crippen molar-refractivity contribution >= 4 is 5.97 Å². The summed E-state index contributed by atoms with van der Waals surface area (Å²) in [5, 5.41) is 8.76. The molecule has 0 heterocycles. The molecule has 0 spiro atoms. The van der Waals surface area contributed by atoms with Crippen LogP contribution in [0, 0.1) is 5.41 Å². The van der Waals surface area contributed by atoms with Crippen LogP contribution in [0.1, 0.15) is 26.3 Å². The van der Waals surface area contributed by atoms with E-state index in [1.807, 2.05) is 32.9 Å². The first kappa shape index (κ1) is 12.7. The van der Waals surface area contributed by atoms with Crippen molar-refractivity contribution in [3.05, 3.63) is 29.8 Å². The average Bonchev–Trinajstić information content (AvgIpc) is 2.20. The van der Waals surface area contributed by atoms with Crippen LogP contribution in [0.2, 0.25) is 0 Å². The van der Waals surface area contributed by atoms with Gasteiger partial charge in [-0.05, 0) is 44.9 Å². The molecule has 16 heavy (non-hydrogen) atoms. The third-order valence-electron chi connectivity index (χ3n) is 2.15. The minimum absolute atomic E-state index is 0.126. The predicted octanol–water partition coefficient (Wildman–Crippen LogP) is 2.17. The molecule has 0 atom stereocenters. The Morgan fingerprint density at radius 3 is 2.25 bits per heavy atom. The molecule has 0 aliphatic rings. The molecule has 0 unspecified atom stereocenters. The summed E-state index contributed by atoms with van der Waals surface area (Å²) in [4.78, 5) is 11.6. The van der Waals surface area contributed by atoms with Gasteiger partial charge in [-0.3, -0.25) is 4.79 Å². The molecule has 3 nitrogen and oxygen atoms in total. The van der Waals surface area contributed by atoms with E-state index >= 15 is 0 Å². The highest BCUT2D eigenvalue weighted by Crippen LogP contribution is 2.19. The number of carbonyl (C=O) groups is 1. The molecule has 0 saturated heterocycles. The Morgan fingerprint density at radius 2 is 1.81 bits per heavy atom. The van der Waals surface area contributed by atoms with E-state index in [2.05, 4.69) is 0 Å². The lowest BCUT2D eigenvalue weighted by molar-refractivity contribution is -0.142. The van der Waals surface area contributed by atoms with Crippen molar-refractivity contribution in [2.75, 3.05) is 6.61 Å². The summed E-state index contributed by atoms with van der Waals surface area (Å²) in [7, 11) is 0. The minimum atomic E-state index is -0.496. The van der Waals surface area contributed by atoms with Gasteiger partial charge in [-0.2, -0.15) is 0 Å². The van der Waals surface area contributed by atoms with Gasteiger partial charge < -0.3 is 9.84 Å². The minimum Gasteiger partial charge on any atom is -0.426 e. The average molecular weight is 222 g/mol. The number of rotatable bonds is 3. The Kier molecular flexibility index (Phi) is 4.07. The van der Waals surface area contributed by atoms with Crippen LogP contribution in [-0.4, -0.2) is 17.7 Å². The van der Waals surface area contributed by atoms with E-state index in [1.54, 1.807) is 12.1 Å². The molecule has 0 aromatic heterocycles. The Morgan fingerprint density at radius 1 is 1.25 bits per heavy atom. The number of carbonyl (C=O) groups excluding carboxylic acids is 1. The molecule has 0 radical (unpaired) electrons. The largest absolute Gasteiger partial charge is 0.426 e. The highest BCUT2D eigenvalue weighted by atomic mass is 16.5. The molecule has 1 aromatic carbocycles. The number of aliphatic hydroxyl groups excluding tert-OH is 1. The lowest BCUT2D eigenvalue weighted by Gasteiger charge is -2.16. The molecule has 0 aliphatic carbocycles. The maximum absolute atomic E-state index is 11.6. The number of hydrogen-bond acceptors (Lipinski definition) is 3. The first-order chi connectivity index (χ1) is 7.43. The SMILES string of the molecule is CC(C)(C)C(=O)Oc1ccc(CCO)cc1. The number of ether oxygens (including phenoxy) is 1. The van der Waals surface area contributed by atoms with Gasteiger partial charge in [-0.15, -0.1) is 0 Å². The summed E-state index contributed by atoms with van der Waals surface area (Å²) >= 11 is 0. The Hall–Kier alpha value is -1.35. The maximum Gasteiger partial charge on any atom is 0.316 e. The van der Waals surface area contributed by atoms with Crippen LogP contribution in [-0.2, 0) is 11.2 Å². The fourth-order valence-corrected chi connectivity index (χ4v) is 1.11. The van der Waals surface area contributed by atoms with Gasteiger partial charge in [0.15, 0.2) is 0 Å². The van der Waals surface area contributed by atoms with Crippen molar-refractivity contribution in [3.8, 4) is 5.75 Å². The van der Waals surface area contributed by atoms with Gasteiger partial charge in [0.1, 0.15) is 5.75 Å². The molecule has 1 aromatic rings. The third kappa shape index (κ3) is 3.66. The second-order valence-electron chi connectivity index (χ2n) is 4.76. The maximum atomic E-state index is 11.6. The Bertz CT molecular complexity index is 346. The fraction of sp³-hybridized carbons (Fsp3) is 0.462. The summed E-state index contributed by atoms with van der Waals surface area (Å²) in [6.45, 7) is 5.57. The standard InChI is InChI=1S/C13H18O3/c1-13(2,3)12(15)16-11-6-4-10(5-7-11)8-9-14/h4-7,14H,8-9H2,1-3H3. The Balaban J connectivity index is 2.65. The van der Waals surface area contributed by atoms with Crippen LogP contribution in [0.25, 0.3) is 0 Å². The normalized spacial score (nSPS) is 11.2.